The molecule has 1 N–H and O–H groups in total. The lowest BCUT2D eigenvalue weighted by molar-refractivity contribution is -0.386. The molecule has 1 aliphatic heterocycles. The van der Waals surface area contributed by atoms with Crippen molar-refractivity contribution in [1.29, 1.82) is 0 Å². The molecule has 7 heteroatoms. The zero-order chi connectivity index (χ0) is 15.4. The molecule has 21 heavy (non-hydrogen) atoms. The topological polar surface area (TPSA) is 82.2 Å². The highest BCUT2D eigenvalue weighted by Gasteiger charge is 2.28. The van der Waals surface area contributed by atoms with Crippen molar-refractivity contribution >= 4 is 5.69 Å². The first kappa shape index (κ1) is 15.8. The van der Waals surface area contributed by atoms with Crippen molar-refractivity contribution in [3.8, 4) is 5.88 Å². The Bertz CT molecular complexity index is 493. The van der Waals surface area contributed by atoms with E-state index in [2.05, 4.69) is 10.4 Å². The van der Waals surface area contributed by atoms with E-state index in [4.69, 9.17) is 4.74 Å². The number of aromatic nitrogens is 2. The van der Waals surface area contributed by atoms with Gasteiger partial charge in [-0.05, 0) is 46.6 Å². The highest BCUT2D eigenvalue weighted by atomic mass is 16.6. The molecule has 0 spiro atoms. The normalized spacial score (nSPS) is 19.0. The SMILES string of the molecule is Cc1nn(C(C)C)c(OCCC2CCCCN2)c1[N+](=O)[O-]. The van der Waals surface area contributed by atoms with Crippen molar-refractivity contribution < 1.29 is 9.66 Å². The van der Waals surface area contributed by atoms with Crippen molar-refractivity contribution in [1.82, 2.24) is 15.1 Å². The molecule has 0 saturated carbocycles. The summed E-state index contributed by atoms with van der Waals surface area (Å²) in [5.74, 6) is 0.281. The van der Waals surface area contributed by atoms with Gasteiger partial charge in [-0.15, -0.1) is 0 Å². The van der Waals surface area contributed by atoms with Gasteiger partial charge < -0.3 is 10.1 Å². The average Bonchev–Trinajstić information content (AvgIpc) is 2.77. The summed E-state index contributed by atoms with van der Waals surface area (Å²) in [6.07, 6.45) is 4.47. The number of piperidine rings is 1. The minimum Gasteiger partial charge on any atom is -0.473 e. The lowest BCUT2D eigenvalue weighted by atomic mass is 10.0. The van der Waals surface area contributed by atoms with Crippen LogP contribution in [0.4, 0.5) is 5.69 Å². The van der Waals surface area contributed by atoms with Crippen molar-refractivity contribution in [2.75, 3.05) is 13.2 Å². The van der Waals surface area contributed by atoms with Gasteiger partial charge in [-0.25, -0.2) is 4.68 Å². The van der Waals surface area contributed by atoms with Crippen LogP contribution in [0.25, 0.3) is 0 Å². The Labute approximate surface area is 124 Å². The summed E-state index contributed by atoms with van der Waals surface area (Å²) in [6, 6.07) is 0.481. The molecule has 7 nitrogen and oxygen atoms in total. The molecule has 2 rings (SSSR count). The number of nitro groups is 1. The van der Waals surface area contributed by atoms with Crippen LogP contribution in [-0.2, 0) is 0 Å². The van der Waals surface area contributed by atoms with Gasteiger partial charge in [0.05, 0.1) is 17.6 Å². The van der Waals surface area contributed by atoms with Gasteiger partial charge in [0.15, 0.2) is 0 Å². The fourth-order valence-corrected chi connectivity index (χ4v) is 2.68. The fraction of sp³-hybridized carbons (Fsp3) is 0.786. The molecule has 118 valence electrons. The predicted molar refractivity (Wildman–Crippen MR) is 79.8 cm³/mol. The van der Waals surface area contributed by atoms with Gasteiger partial charge in [0.25, 0.3) is 5.88 Å². The second-order valence-corrected chi connectivity index (χ2v) is 5.82. The van der Waals surface area contributed by atoms with Crippen LogP contribution in [0.1, 0.15) is 51.3 Å². The van der Waals surface area contributed by atoms with Crippen molar-refractivity contribution in [2.45, 2.75) is 58.5 Å². The summed E-state index contributed by atoms with van der Waals surface area (Å²) in [7, 11) is 0. The second kappa shape index (κ2) is 6.89. The Morgan fingerprint density at radius 3 is 2.86 bits per heavy atom. The monoisotopic (exact) mass is 296 g/mol. The van der Waals surface area contributed by atoms with Crippen LogP contribution < -0.4 is 10.1 Å². The summed E-state index contributed by atoms with van der Waals surface area (Å²) in [5, 5.41) is 18.9. The van der Waals surface area contributed by atoms with E-state index in [1.807, 2.05) is 13.8 Å². The molecule has 1 atom stereocenters. The summed E-state index contributed by atoms with van der Waals surface area (Å²) in [4.78, 5) is 10.8. The fourth-order valence-electron chi connectivity index (χ4n) is 2.68. The molecule has 0 amide bonds. The average molecular weight is 296 g/mol. The van der Waals surface area contributed by atoms with Crippen LogP contribution in [0.2, 0.25) is 0 Å². The van der Waals surface area contributed by atoms with Gasteiger partial charge in [0.2, 0.25) is 0 Å². The van der Waals surface area contributed by atoms with E-state index in [1.165, 1.54) is 12.8 Å². The summed E-state index contributed by atoms with van der Waals surface area (Å²) < 4.78 is 7.33. The van der Waals surface area contributed by atoms with Crippen LogP contribution >= 0.6 is 0 Å². The van der Waals surface area contributed by atoms with Gasteiger partial charge in [0, 0.05) is 6.04 Å². The Morgan fingerprint density at radius 2 is 2.29 bits per heavy atom. The minimum absolute atomic E-state index is 0.0136. The van der Waals surface area contributed by atoms with E-state index in [-0.39, 0.29) is 17.6 Å². The van der Waals surface area contributed by atoms with Crippen LogP contribution in [-0.4, -0.2) is 33.9 Å². The number of nitrogens with zero attached hydrogens (tertiary/aromatic N) is 3. The molecule has 2 heterocycles. The summed E-state index contributed by atoms with van der Waals surface area (Å²) in [5.41, 5.74) is 0.389. The largest absolute Gasteiger partial charge is 0.473 e. The quantitative estimate of drug-likeness (QED) is 0.644. The van der Waals surface area contributed by atoms with Crippen LogP contribution in [0.15, 0.2) is 0 Å². The molecular weight excluding hydrogens is 272 g/mol. The zero-order valence-electron chi connectivity index (χ0n) is 13.0. The number of rotatable bonds is 6. The third kappa shape index (κ3) is 3.72. The molecule has 0 radical (unpaired) electrons. The van der Waals surface area contributed by atoms with Crippen molar-refractivity contribution in [3.63, 3.8) is 0 Å². The van der Waals surface area contributed by atoms with Crippen molar-refractivity contribution in [2.24, 2.45) is 0 Å². The molecule has 0 aliphatic carbocycles. The number of hydrogen-bond acceptors (Lipinski definition) is 5. The minimum atomic E-state index is -0.407. The summed E-state index contributed by atoms with van der Waals surface area (Å²) in [6.45, 7) is 7.04. The molecule has 1 fully saturated rings. The maximum atomic E-state index is 11.2. The number of ether oxygens (including phenoxy) is 1. The van der Waals surface area contributed by atoms with Gasteiger partial charge in [0.1, 0.15) is 5.69 Å². The lowest BCUT2D eigenvalue weighted by Gasteiger charge is -2.23. The van der Waals surface area contributed by atoms with Crippen LogP contribution in [0, 0.1) is 17.0 Å². The first-order valence-electron chi connectivity index (χ1n) is 7.60. The van der Waals surface area contributed by atoms with Gasteiger partial charge in [-0.2, -0.15) is 5.10 Å². The van der Waals surface area contributed by atoms with Crippen LogP contribution in [0.5, 0.6) is 5.88 Å². The first-order valence-corrected chi connectivity index (χ1v) is 7.60. The second-order valence-electron chi connectivity index (χ2n) is 5.82. The Morgan fingerprint density at radius 1 is 1.52 bits per heavy atom. The van der Waals surface area contributed by atoms with E-state index < -0.39 is 4.92 Å². The highest BCUT2D eigenvalue weighted by molar-refractivity contribution is 5.46. The Hall–Kier alpha value is -1.63. The third-order valence-electron chi connectivity index (χ3n) is 3.80. The summed E-state index contributed by atoms with van der Waals surface area (Å²) >= 11 is 0. The van der Waals surface area contributed by atoms with E-state index in [0.29, 0.717) is 18.3 Å². The maximum absolute atomic E-state index is 11.2. The van der Waals surface area contributed by atoms with E-state index in [9.17, 15) is 10.1 Å². The van der Waals surface area contributed by atoms with E-state index >= 15 is 0 Å². The van der Waals surface area contributed by atoms with Gasteiger partial charge in [-0.3, -0.25) is 10.1 Å². The molecular formula is C14H24N4O3. The standard InChI is InChI=1S/C14H24N4O3/c1-10(2)17-14(13(18(19)20)11(3)16-17)21-9-7-12-6-4-5-8-15-12/h10,12,15H,4-9H2,1-3H3. The third-order valence-corrected chi connectivity index (χ3v) is 3.80. The molecule has 1 aromatic heterocycles. The van der Waals surface area contributed by atoms with Crippen LogP contribution in [0.3, 0.4) is 0 Å². The lowest BCUT2D eigenvalue weighted by Crippen LogP contribution is -2.35. The van der Waals surface area contributed by atoms with Gasteiger partial charge >= 0.3 is 5.69 Å². The van der Waals surface area contributed by atoms with E-state index in [0.717, 1.165) is 19.4 Å². The smallest absolute Gasteiger partial charge is 0.353 e. The van der Waals surface area contributed by atoms with E-state index in [1.54, 1.807) is 11.6 Å². The number of hydrogen-bond donors (Lipinski definition) is 1. The molecule has 1 aliphatic rings. The predicted octanol–water partition coefficient (Wildman–Crippen LogP) is 2.59. The molecule has 1 aromatic rings. The molecule has 1 saturated heterocycles. The Kier molecular flexibility index (Phi) is 5.17. The zero-order valence-corrected chi connectivity index (χ0v) is 13.0. The highest BCUT2D eigenvalue weighted by Crippen LogP contribution is 2.33. The molecule has 0 bridgehead atoms. The first-order chi connectivity index (χ1) is 10.0. The van der Waals surface area contributed by atoms with Crippen molar-refractivity contribution in [3.05, 3.63) is 15.8 Å². The number of aryl methyl sites for hydroxylation is 1. The number of nitrogens with one attached hydrogen (secondary N) is 1. The van der Waals surface area contributed by atoms with Gasteiger partial charge in [-0.1, -0.05) is 6.42 Å². The maximum Gasteiger partial charge on any atom is 0.353 e. The molecule has 1 unspecified atom stereocenters. The molecule has 0 aromatic carbocycles. The Balaban J connectivity index is 2.05.